The molecule has 0 aromatic heterocycles. The predicted octanol–water partition coefficient (Wildman–Crippen LogP) is 0.953. The summed E-state index contributed by atoms with van der Waals surface area (Å²) in [4.78, 5) is 27.9. The molecule has 0 unspecified atom stereocenters. The molecule has 172 valence electrons. The molecule has 1 saturated heterocycles. The van der Waals surface area contributed by atoms with Crippen LogP contribution >= 0.6 is 0 Å². The zero-order chi connectivity index (χ0) is 23.1. The van der Waals surface area contributed by atoms with Crippen LogP contribution in [0.25, 0.3) is 0 Å². The molecule has 1 heterocycles. The van der Waals surface area contributed by atoms with Crippen LogP contribution in [0.5, 0.6) is 0 Å². The lowest BCUT2D eigenvalue weighted by atomic mass is 10.2. The maximum atomic E-state index is 13.8. The highest BCUT2D eigenvalue weighted by atomic mass is 32.2. The van der Waals surface area contributed by atoms with Gasteiger partial charge in [0.2, 0.25) is 21.8 Å². The fourth-order valence-electron chi connectivity index (χ4n) is 3.47. The first-order chi connectivity index (χ1) is 15.3. The number of hydrogen-bond donors (Lipinski definition) is 2. The fraction of sp³-hybridized carbons (Fsp3) is 0.364. The first kappa shape index (κ1) is 23.8. The van der Waals surface area contributed by atoms with Gasteiger partial charge in [0.25, 0.3) is 0 Å². The van der Waals surface area contributed by atoms with Crippen molar-refractivity contribution >= 4 is 21.8 Å². The van der Waals surface area contributed by atoms with E-state index in [1.807, 2.05) is 35.2 Å². The molecule has 0 saturated carbocycles. The lowest BCUT2D eigenvalue weighted by Gasteiger charge is -2.35. The number of nitrogens with one attached hydrogen (secondary N) is 2. The number of halogens is 1. The second-order valence-corrected chi connectivity index (χ2v) is 9.32. The lowest BCUT2D eigenvalue weighted by Crippen LogP contribution is -2.55. The SMILES string of the molecule is C[C@H](NS(=O)(=O)c1ccccc1F)C(=O)N1CCN(CC(=O)NCc2ccccc2)CC1. The quantitative estimate of drug-likeness (QED) is 0.609. The van der Waals surface area contributed by atoms with Gasteiger partial charge < -0.3 is 10.2 Å². The fourth-order valence-corrected chi connectivity index (χ4v) is 4.74. The van der Waals surface area contributed by atoms with E-state index in [1.165, 1.54) is 19.1 Å². The molecule has 1 aliphatic heterocycles. The number of carbonyl (C=O) groups excluding carboxylic acids is 2. The molecule has 1 aliphatic rings. The summed E-state index contributed by atoms with van der Waals surface area (Å²) in [6.45, 7) is 3.86. The van der Waals surface area contributed by atoms with Crippen LogP contribution < -0.4 is 10.0 Å². The molecule has 2 aromatic carbocycles. The normalized spacial score (nSPS) is 15.9. The third-order valence-electron chi connectivity index (χ3n) is 5.21. The number of amides is 2. The van der Waals surface area contributed by atoms with Crippen molar-refractivity contribution < 1.29 is 22.4 Å². The highest BCUT2D eigenvalue weighted by molar-refractivity contribution is 7.89. The van der Waals surface area contributed by atoms with Crippen LogP contribution in [0.2, 0.25) is 0 Å². The number of benzene rings is 2. The zero-order valence-corrected chi connectivity index (χ0v) is 18.6. The second-order valence-electron chi connectivity index (χ2n) is 7.64. The van der Waals surface area contributed by atoms with E-state index in [0.29, 0.717) is 32.7 Å². The van der Waals surface area contributed by atoms with E-state index >= 15 is 0 Å². The van der Waals surface area contributed by atoms with Crippen molar-refractivity contribution in [1.29, 1.82) is 0 Å². The summed E-state index contributed by atoms with van der Waals surface area (Å²) in [5.74, 6) is -1.36. The highest BCUT2D eigenvalue weighted by Gasteiger charge is 2.29. The summed E-state index contributed by atoms with van der Waals surface area (Å²) in [5, 5.41) is 2.88. The molecule has 1 atom stereocenters. The van der Waals surface area contributed by atoms with E-state index in [4.69, 9.17) is 0 Å². The Labute approximate surface area is 187 Å². The van der Waals surface area contributed by atoms with Crippen molar-refractivity contribution in [3.8, 4) is 0 Å². The van der Waals surface area contributed by atoms with E-state index in [9.17, 15) is 22.4 Å². The van der Waals surface area contributed by atoms with Crippen LogP contribution in [-0.2, 0) is 26.2 Å². The Kier molecular flexibility index (Phi) is 7.94. The third kappa shape index (κ3) is 6.35. The topological polar surface area (TPSA) is 98.8 Å². The molecular weight excluding hydrogens is 435 g/mol. The second kappa shape index (κ2) is 10.7. The first-order valence-electron chi connectivity index (χ1n) is 10.3. The molecule has 2 amide bonds. The molecule has 0 bridgehead atoms. The summed E-state index contributed by atoms with van der Waals surface area (Å²) in [7, 11) is -4.17. The van der Waals surface area contributed by atoms with Gasteiger partial charge in [0.05, 0.1) is 12.6 Å². The number of sulfonamides is 1. The monoisotopic (exact) mass is 462 g/mol. The van der Waals surface area contributed by atoms with Crippen molar-refractivity contribution in [2.45, 2.75) is 24.4 Å². The van der Waals surface area contributed by atoms with E-state index in [0.717, 1.165) is 17.7 Å². The van der Waals surface area contributed by atoms with Gasteiger partial charge in [-0.1, -0.05) is 42.5 Å². The molecule has 8 nitrogen and oxygen atoms in total. The van der Waals surface area contributed by atoms with Crippen molar-refractivity contribution in [2.75, 3.05) is 32.7 Å². The van der Waals surface area contributed by atoms with Gasteiger partial charge in [0.15, 0.2) is 0 Å². The third-order valence-corrected chi connectivity index (χ3v) is 6.79. The minimum atomic E-state index is -4.17. The van der Waals surface area contributed by atoms with Crippen molar-refractivity contribution in [2.24, 2.45) is 0 Å². The molecule has 2 N–H and O–H groups in total. The molecule has 2 aromatic rings. The number of nitrogens with zero attached hydrogens (tertiary/aromatic N) is 2. The minimum Gasteiger partial charge on any atom is -0.351 e. The average Bonchev–Trinajstić information content (AvgIpc) is 2.78. The van der Waals surface area contributed by atoms with Crippen LogP contribution in [0.3, 0.4) is 0 Å². The van der Waals surface area contributed by atoms with E-state index < -0.39 is 32.7 Å². The summed E-state index contributed by atoms with van der Waals surface area (Å²) in [5.41, 5.74) is 1.02. The Bertz CT molecular complexity index is 1040. The lowest BCUT2D eigenvalue weighted by molar-refractivity contribution is -0.134. The zero-order valence-electron chi connectivity index (χ0n) is 17.8. The van der Waals surface area contributed by atoms with Crippen molar-refractivity contribution in [3.63, 3.8) is 0 Å². The maximum Gasteiger partial charge on any atom is 0.244 e. The number of piperazine rings is 1. The summed E-state index contributed by atoms with van der Waals surface area (Å²) in [6, 6.07) is 13.6. The number of carbonyl (C=O) groups is 2. The largest absolute Gasteiger partial charge is 0.351 e. The van der Waals surface area contributed by atoms with Gasteiger partial charge in [-0.3, -0.25) is 14.5 Å². The van der Waals surface area contributed by atoms with Gasteiger partial charge in [0.1, 0.15) is 10.7 Å². The van der Waals surface area contributed by atoms with Crippen LogP contribution in [0.4, 0.5) is 4.39 Å². The van der Waals surface area contributed by atoms with E-state index in [-0.39, 0.29) is 12.5 Å². The Hall–Kier alpha value is -2.82. The molecule has 1 fully saturated rings. The van der Waals surface area contributed by atoms with Gasteiger partial charge in [-0.25, -0.2) is 12.8 Å². The molecule has 0 radical (unpaired) electrons. The summed E-state index contributed by atoms with van der Waals surface area (Å²) >= 11 is 0. The van der Waals surface area contributed by atoms with Gasteiger partial charge in [-0.2, -0.15) is 4.72 Å². The minimum absolute atomic E-state index is 0.0976. The summed E-state index contributed by atoms with van der Waals surface area (Å²) < 4.78 is 40.9. The standard InChI is InChI=1S/C22H27FN4O4S/c1-17(25-32(30,31)20-10-6-5-9-19(20)23)22(29)27-13-11-26(12-14-27)16-21(28)24-15-18-7-3-2-4-8-18/h2-10,17,25H,11-16H2,1H3,(H,24,28)/t17-/m0/s1. The van der Waals surface area contributed by atoms with Crippen LogP contribution in [0.15, 0.2) is 59.5 Å². The Balaban J connectivity index is 1.45. The molecule has 0 spiro atoms. The van der Waals surface area contributed by atoms with Gasteiger partial charge >= 0.3 is 0 Å². The average molecular weight is 463 g/mol. The molecule has 10 heteroatoms. The smallest absolute Gasteiger partial charge is 0.244 e. The van der Waals surface area contributed by atoms with Crippen LogP contribution in [0.1, 0.15) is 12.5 Å². The van der Waals surface area contributed by atoms with Crippen LogP contribution in [-0.4, -0.2) is 68.8 Å². The van der Waals surface area contributed by atoms with E-state index in [2.05, 4.69) is 10.0 Å². The number of hydrogen-bond acceptors (Lipinski definition) is 5. The Morgan fingerprint density at radius 1 is 1.00 bits per heavy atom. The molecule has 0 aliphatic carbocycles. The van der Waals surface area contributed by atoms with Crippen molar-refractivity contribution in [1.82, 2.24) is 19.8 Å². The number of rotatable bonds is 8. The predicted molar refractivity (Wildman–Crippen MR) is 117 cm³/mol. The van der Waals surface area contributed by atoms with E-state index in [1.54, 1.807) is 4.90 Å². The molecule has 3 rings (SSSR count). The molecule has 32 heavy (non-hydrogen) atoms. The summed E-state index contributed by atoms with van der Waals surface area (Å²) in [6.07, 6.45) is 0. The Morgan fingerprint density at radius 2 is 1.62 bits per heavy atom. The highest BCUT2D eigenvalue weighted by Crippen LogP contribution is 2.14. The Morgan fingerprint density at radius 3 is 2.28 bits per heavy atom. The van der Waals surface area contributed by atoms with Gasteiger partial charge in [0, 0.05) is 32.7 Å². The van der Waals surface area contributed by atoms with Crippen LogP contribution in [0, 0.1) is 5.82 Å². The van der Waals surface area contributed by atoms with Gasteiger partial charge in [-0.05, 0) is 24.6 Å². The maximum absolute atomic E-state index is 13.8. The van der Waals surface area contributed by atoms with Gasteiger partial charge in [-0.15, -0.1) is 0 Å². The first-order valence-corrected chi connectivity index (χ1v) is 11.8. The molecular formula is C22H27FN4O4S. The van der Waals surface area contributed by atoms with Crippen molar-refractivity contribution in [3.05, 3.63) is 66.0 Å².